The molecular weight excluding hydrogens is 324 g/mol. The van der Waals surface area contributed by atoms with Gasteiger partial charge in [-0.2, -0.15) is 0 Å². The molecule has 0 saturated carbocycles. The fraction of sp³-hybridized carbons (Fsp3) is 0.368. The van der Waals surface area contributed by atoms with Gasteiger partial charge in [0.2, 0.25) is 0 Å². The highest BCUT2D eigenvalue weighted by molar-refractivity contribution is 5.55. The molecule has 3 atom stereocenters. The summed E-state index contributed by atoms with van der Waals surface area (Å²) in [5, 5.41) is 39.5. The van der Waals surface area contributed by atoms with Crippen LogP contribution in [-0.4, -0.2) is 40.2 Å². The molecule has 6 nitrogen and oxygen atoms in total. The van der Waals surface area contributed by atoms with Crippen molar-refractivity contribution in [1.29, 1.82) is 0 Å². The lowest BCUT2D eigenvalue weighted by Gasteiger charge is -2.18. The third kappa shape index (κ3) is 3.23. The Morgan fingerprint density at radius 2 is 1.92 bits per heavy atom. The van der Waals surface area contributed by atoms with E-state index in [0.29, 0.717) is 23.5 Å². The van der Waals surface area contributed by atoms with Crippen LogP contribution in [0.5, 0.6) is 23.0 Å². The second-order valence-electron chi connectivity index (χ2n) is 6.35. The zero-order valence-corrected chi connectivity index (χ0v) is 14.1. The molecule has 0 radical (unpaired) electrons. The van der Waals surface area contributed by atoms with Gasteiger partial charge in [0, 0.05) is 5.56 Å². The summed E-state index contributed by atoms with van der Waals surface area (Å²) in [5.74, 6) is 0.284. The SMILES string of the molecule is COc1cc([C@H]2Oc3c(O)cc(CC(C)O)cc3[C@@H]2CO)ccc1O. The van der Waals surface area contributed by atoms with Crippen LogP contribution in [0.15, 0.2) is 30.3 Å². The van der Waals surface area contributed by atoms with Crippen molar-refractivity contribution in [2.24, 2.45) is 0 Å². The smallest absolute Gasteiger partial charge is 0.165 e. The van der Waals surface area contributed by atoms with Crippen molar-refractivity contribution in [3.05, 3.63) is 47.0 Å². The first-order valence-corrected chi connectivity index (χ1v) is 8.12. The van der Waals surface area contributed by atoms with Crippen molar-refractivity contribution in [3.8, 4) is 23.0 Å². The Kier molecular flexibility index (Phi) is 4.74. The first kappa shape index (κ1) is 17.4. The average molecular weight is 346 g/mol. The van der Waals surface area contributed by atoms with Crippen molar-refractivity contribution in [2.75, 3.05) is 13.7 Å². The van der Waals surface area contributed by atoms with Gasteiger partial charge in [0.05, 0.1) is 25.7 Å². The zero-order chi connectivity index (χ0) is 18.1. The molecule has 3 rings (SSSR count). The van der Waals surface area contributed by atoms with Gasteiger partial charge in [0.1, 0.15) is 6.10 Å². The normalized spacial score (nSPS) is 20.0. The number of hydrogen-bond acceptors (Lipinski definition) is 6. The molecule has 0 amide bonds. The van der Waals surface area contributed by atoms with Crippen LogP contribution in [0, 0.1) is 0 Å². The molecule has 1 aliphatic rings. The van der Waals surface area contributed by atoms with Crippen LogP contribution in [-0.2, 0) is 6.42 Å². The van der Waals surface area contributed by atoms with Gasteiger partial charge in [0.15, 0.2) is 23.0 Å². The summed E-state index contributed by atoms with van der Waals surface area (Å²) in [6.07, 6.45) is -0.650. The second kappa shape index (κ2) is 6.82. The monoisotopic (exact) mass is 346 g/mol. The summed E-state index contributed by atoms with van der Waals surface area (Å²) in [7, 11) is 1.46. The minimum atomic E-state index is -0.537. The predicted molar refractivity (Wildman–Crippen MR) is 91.3 cm³/mol. The van der Waals surface area contributed by atoms with Gasteiger partial charge < -0.3 is 29.9 Å². The molecular formula is C19H22O6. The van der Waals surface area contributed by atoms with E-state index in [-0.39, 0.29) is 24.0 Å². The number of methoxy groups -OCH3 is 1. The van der Waals surface area contributed by atoms with Gasteiger partial charge in [-0.3, -0.25) is 0 Å². The van der Waals surface area contributed by atoms with Gasteiger partial charge in [-0.25, -0.2) is 0 Å². The minimum Gasteiger partial charge on any atom is -0.504 e. The number of aliphatic hydroxyl groups is 2. The first-order chi connectivity index (χ1) is 11.9. The summed E-state index contributed by atoms with van der Waals surface area (Å²) in [6.45, 7) is 1.51. The van der Waals surface area contributed by atoms with Crippen molar-refractivity contribution in [1.82, 2.24) is 0 Å². The molecule has 0 saturated heterocycles. The molecule has 0 aromatic heterocycles. The number of ether oxygens (including phenoxy) is 2. The molecule has 1 aliphatic heterocycles. The Morgan fingerprint density at radius 1 is 1.16 bits per heavy atom. The number of fused-ring (bicyclic) bond motifs is 1. The van der Waals surface area contributed by atoms with Crippen molar-refractivity contribution >= 4 is 0 Å². The minimum absolute atomic E-state index is 0.0140. The molecule has 1 heterocycles. The van der Waals surface area contributed by atoms with Gasteiger partial charge in [-0.15, -0.1) is 0 Å². The maximum atomic E-state index is 10.3. The van der Waals surface area contributed by atoms with Gasteiger partial charge >= 0.3 is 0 Å². The van der Waals surface area contributed by atoms with Crippen LogP contribution in [0.1, 0.15) is 35.6 Å². The van der Waals surface area contributed by atoms with E-state index in [0.717, 1.165) is 11.1 Å². The van der Waals surface area contributed by atoms with Crippen LogP contribution in [0.25, 0.3) is 0 Å². The van der Waals surface area contributed by atoms with Gasteiger partial charge in [-0.05, 0) is 42.7 Å². The first-order valence-electron chi connectivity index (χ1n) is 8.12. The molecule has 0 aliphatic carbocycles. The van der Waals surface area contributed by atoms with E-state index in [1.54, 1.807) is 25.1 Å². The maximum Gasteiger partial charge on any atom is 0.165 e. The van der Waals surface area contributed by atoms with E-state index >= 15 is 0 Å². The van der Waals surface area contributed by atoms with Crippen molar-refractivity contribution in [2.45, 2.75) is 31.5 Å². The molecule has 1 unspecified atom stereocenters. The topological polar surface area (TPSA) is 99.4 Å². The summed E-state index contributed by atoms with van der Waals surface area (Å²) in [6, 6.07) is 8.28. The van der Waals surface area contributed by atoms with Crippen LogP contribution < -0.4 is 9.47 Å². The van der Waals surface area contributed by atoms with E-state index in [1.165, 1.54) is 13.2 Å². The number of phenols is 2. The highest BCUT2D eigenvalue weighted by Crippen LogP contribution is 2.51. The Balaban J connectivity index is 2.00. The Bertz CT molecular complexity index is 771. The van der Waals surface area contributed by atoms with E-state index in [1.807, 2.05) is 6.07 Å². The van der Waals surface area contributed by atoms with Crippen molar-refractivity contribution in [3.63, 3.8) is 0 Å². The number of hydrogen-bond donors (Lipinski definition) is 4. The molecule has 2 aromatic carbocycles. The fourth-order valence-corrected chi connectivity index (χ4v) is 3.30. The summed E-state index contributed by atoms with van der Waals surface area (Å²) in [5.41, 5.74) is 2.20. The molecule has 4 N–H and O–H groups in total. The van der Waals surface area contributed by atoms with Crippen LogP contribution >= 0.6 is 0 Å². The number of phenolic OH excluding ortho intramolecular Hbond substituents is 2. The summed E-state index contributed by atoms with van der Waals surface area (Å²) in [4.78, 5) is 0. The summed E-state index contributed by atoms with van der Waals surface area (Å²) >= 11 is 0. The maximum absolute atomic E-state index is 10.3. The highest BCUT2D eigenvalue weighted by Gasteiger charge is 2.37. The molecule has 0 spiro atoms. The lowest BCUT2D eigenvalue weighted by atomic mass is 9.90. The number of benzene rings is 2. The van der Waals surface area contributed by atoms with Crippen LogP contribution in [0.2, 0.25) is 0 Å². The van der Waals surface area contributed by atoms with E-state index in [9.17, 15) is 20.4 Å². The standard InChI is InChI=1S/C19H22O6/c1-10(21)5-11-6-13-14(9-20)18(25-19(13)16(23)7-11)12-3-4-15(22)17(8-12)24-2/h3-4,6-8,10,14,18,20-23H,5,9H2,1-2H3/t10?,14-,18+/m0/s1. The molecule has 2 aromatic rings. The molecule has 0 bridgehead atoms. The van der Waals surface area contributed by atoms with Gasteiger partial charge in [0.25, 0.3) is 0 Å². The van der Waals surface area contributed by atoms with E-state index < -0.39 is 12.2 Å². The number of aromatic hydroxyl groups is 2. The zero-order valence-electron chi connectivity index (χ0n) is 14.1. The highest BCUT2D eigenvalue weighted by atomic mass is 16.5. The average Bonchev–Trinajstić information content (AvgIpc) is 2.93. The number of aliphatic hydroxyl groups excluding tert-OH is 2. The largest absolute Gasteiger partial charge is 0.504 e. The number of rotatable bonds is 5. The third-order valence-electron chi connectivity index (χ3n) is 4.43. The molecule has 6 heteroatoms. The molecule has 0 fully saturated rings. The summed E-state index contributed by atoms with van der Waals surface area (Å²) < 4.78 is 11.0. The lowest BCUT2D eigenvalue weighted by Crippen LogP contribution is -2.13. The fourth-order valence-electron chi connectivity index (χ4n) is 3.30. The Hall–Kier alpha value is -2.44. The third-order valence-corrected chi connectivity index (χ3v) is 4.43. The second-order valence-corrected chi connectivity index (χ2v) is 6.35. The lowest BCUT2D eigenvalue weighted by molar-refractivity contribution is 0.157. The van der Waals surface area contributed by atoms with Crippen molar-refractivity contribution < 1.29 is 29.9 Å². The predicted octanol–water partition coefficient (Wildman–Crippen LogP) is 2.24. The Labute approximate surface area is 145 Å². The van der Waals surface area contributed by atoms with E-state index in [2.05, 4.69) is 0 Å². The molecule has 25 heavy (non-hydrogen) atoms. The van der Waals surface area contributed by atoms with E-state index in [4.69, 9.17) is 9.47 Å². The Morgan fingerprint density at radius 3 is 2.56 bits per heavy atom. The quantitative estimate of drug-likeness (QED) is 0.663. The van der Waals surface area contributed by atoms with Crippen LogP contribution in [0.3, 0.4) is 0 Å². The molecule has 134 valence electrons. The van der Waals surface area contributed by atoms with Gasteiger partial charge in [-0.1, -0.05) is 12.1 Å². The van der Waals surface area contributed by atoms with Crippen LogP contribution in [0.4, 0.5) is 0 Å².